The van der Waals surface area contributed by atoms with Gasteiger partial charge in [0.1, 0.15) is 11.6 Å². The molecule has 156 valence electrons. The van der Waals surface area contributed by atoms with Gasteiger partial charge in [-0.2, -0.15) is 4.98 Å². The average Bonchev–Trinajstić information content (AvgIpc) is 2.72. The summed E-state index contributed by atoms with van der Waals surface area (Å²) >= 11 is 0. The number of ether oxygens (including phenoxy) is 2. The number of carbonyl (C=O) groups is 1. The van der Waals surface area contributed by atoms with Crippen molar-refractivity contribution < 1.29 is 23.0 Å². The Morgan fingerprint density at radius 1 is 0.967 bits per heavy atom. The van der Waals surface area contributed by atoms with Gasteiger partial charge in [0.05, 0.1) is 31.2 Å². The van der Waals surface area contributed by atoms with Gasteiger partial charge in [0.25, 0.3) is 11.8 Å². The van der Waals surface area contributed by atoms with Gasteiger partial charge in [-0.3, -0.25) is 4.79 Å². The number of amides is 1. The molecule has 0 unspecified atom stereocenters. The van der Waals surface area contributed by atoms with Gasteiger partial charge in [-0.1, -0.05) is 0 Å². The van der Waals surface area contributed by atoms with Crippen molar-refractivity contribution in [2.75, 3.05) is 24.9 Å². The Morgan fingerprint density at radius 3 is 2.33 bits per heavy atom. The van der Waals surface area contributed by atoms with Crippen LogP contribution >= 0.6 is 0 Å². The van der Waals surface area contributed by atoms with E-state index in [1.165, 1.54) is 32.4 Å². The minimum atomic E-state index is -0.798. The van der Waals surface area contributed by atoms with Crippen LogP contribution in [-0.4, -0.2) is 30.1 Å². The molecule has 0 saturated heterocycles. The molecule has 3 rings (SSSR count). The highest BCUT2D eigenvalue weighted by atomic mass is 19.1. The molecule has 9 heteroatoms. The summed E-state index contributed by atoms with van der Waals surface area (Å²) in [4.78, 5) is 21.2. The average molecular weight is 414 g/mol. The lowest BCUT2D eigenvalue weighted by Gasteiger charge is -2.15. The molecule has 0 aliphatic carbocycles. The van der Waals surface area contributed by atoms with Gasteiger partial charge in [0.2, 0.25) is 5.88 Å². The third-order valence-electron chi connectivity index (χ3n) is 4.34. The molecule has 0 atom stereocenters. The quantitative estimate of drug-likeness (QED) is 0.623. The molecule has 2 aromatic heterocycles. The summed E-state index contributed by atoms with van der Waals surface area (Å²) in [6.07, 6.45) is 0. The molecule has 0 spiro atoms. The van der Waals surface area contributed by atoms with Crippen molar-refractivity contribution in [3.8, 4) is 11.8 Å². The first-order chi connectivity index (χ1) is 14.3. The Labute approximate surface area is 172 Å². The lowest BCUT2D eigenvalue weighted by Crippen LogP contribution is -2.17. The van der Waals surface area contributed by atoms with Crippen molar-refractivity contribution in [3.63, 3.8) is 0 Å². The molecule has 0 aliphatic rings. The first kappa shape index (κ1) is 21.0. The van der Waals surface area contributed by atoms with Crippen LogP contribution in [-0.2, 0) is 0 Å². The second kappa shape index (κ2) is 8.73. The first-order valence-electron chi connectivity index (χ1n) is 8.93. The maximum absolute atomic E-state index is 14.3. The number of carbonyl (C=O) groups excluding carboxylic acids is 1. The summed E-state index contributed by atoms with van der Waals surface area (Å²) in [6.45, 7) is 3.39. The maximum Gasteiger partial charge on any atom is 0.259 e. The number of aromatic nitrogens is 2. The van der Waals surface area contributed by atoms with Gasteiger partial charge < -0.3 is 20.1 Å². The lowest BCUT2D eigenvalue weighted by molar-refractivity contribution is 0.102. The van der Waals surface area contributed by atoms with Gasteiger partial charge in [-0.25, -0.2) is 13.8 Å². The largest absolute Gasteiger partial charge is 0.481 e. The van der Waals surface area contributed by atoms with Gasteiger partial charge in [0.15, 0.2) is 5.82 Å². The number of nitrogens with one attached hydrogen (secondary N) is 2. The molecule has 7 nitrogen and oxygen atoms in total. The molecule has 2 heterocycles. The molecule has 30 heavy (non-hydrogen) atoms. The van der Waals surface area contributed by atoms with Crippen LogP contribution in [0.5, 0.6) is 11.8 Å². The fourth-order valence-electron chi connectivity index (χ4n) is 2.75. The Hall–Kier alpha value is -3.75. The molecule has 3 aromatic rings. The second-order valence-electron chi connectivity index (χ2n) is 6.40. The van der Waals surface area contributed by atoms with Crippen molar-refractivity contribution in [2.24, 2.45) is 0 Å². The summed E-state index contributed by atoms with van der Waals surface area (Å²) in [7, 11) is 2.76. The highest BCUT2D eigenvalue weighted by Gasteiger charge is 2.20. The topological polar surface area (TPSA) is 85.4 Å². The zero-order chi connectivity index (χ0) is 21.8. The third kappa shape index (κ3) is 4.45. The van der Waals surface area contributed by atoms with Crippen LogP contribution in [0.25, 0.3) is 0 Å². The first-order valence-corrected chi connectivity index (χ1v) is 8.93. The second-order valence-corrected chi connectivity index (χ2v) is 6.40. The van der Waals surface area contributed by atoms with E-state index in [4.69, 9.17) is 9.47 Å². The predicted molar refractivity (Wildman–Crippen MR) is 109 cm³/mol. The maximum atomic E-state index is 14.3. The molecule has 0 fully saturated rings. The number of hydrogen-bond acceptors (Lipinski definition) is 6. The van der Waals surface area contributed by atoms with Crippen molar-refractivity contribution in [1.82, 2.24) is 9.97 Å². The lowest BCUT2D eigenvalue weighted by atomic mass is 10.1. The van der Waals surface area contributed by atoms with Crippen LogP contribution in [0.4, 0.5) is 26.0 Å². The number of anilines is 3. The number of benzene rings is 1. The summed E-state index contributed by atoms with van der Waals surface area (Å²) in [5.41, 5.74) is 1.98. The van der Waals surface area contributed by atoms with Crippen LogP contribution in [0.3, 0.4) is 0 Å². The Balaban J connectivity index is 1.98. The van der Waals surface area contributed by atoms with Crippen molar-refractivity contribution >= 4 is 23.1 Å². The van der Waals surface area contributed by atoms with Gasteiger partial charge in [0, 0.05) is 11.8 Å². The monoisotopic (exact) mass is 414 g/mol. The van der Waals surface area contributed by atoms with Crippen LogP contribution in [0, 0.1) is 25.5 Å². The summed E-state index contributed by atoms with van der Waals surface area (Å²) in [5.74, 6) is -1.63. The van der Waals surface area contributed by atoms with E-state index in [-0.39, 0.29) is 17.3 Å². The van der Waals surface area contributed by atoms with Crippen molar-refractivity contribution in [2.45, 2.75) is 13.8 Å². The highest BCUT2D eigenvalue weighted by molar-refractivity contribution is 6.08. The van der Waals surface area contributed by atoms with Gasteiger partial charge in [-0.05, 0) is 49.7 Å². The number of methoxy groups -OCH3 is 2. The SMILES string of the molecule is COc1ccc(NC(=O)c2cc(F)c(OC)nc2Nc2ccc(F)cc2C)c(C)n1. The fraction of sp³-hybridized carbons (Fsp3) is 0.190. The molecule has 1 amide bonds. The number of nitrogens with zero attached hydrogens (tertiary/aromatic N) is 2. The minimum absolute atomic E-state index is 0.0552. The van der Waals surface area contributed by atoms with E-state index >= 15 is 0 Å². The number of hydrogen-bond donors (Lipinski definition) is 2. The summed E-state index contributed by atoms with van der Waals surface area (Å²) in [6, 6.07) is 8.34. The third-order valence-corrected chi connectivity index (χ3v) is 4.34. The Morgan fingerprint density at radius 2 is 1.70 bits per heavy atom. The molecule has 0 saturated carbocycles. The van der Waals surface area contributed by atoms with Crippen LogP contribution in [0.1, 0.15) is 21.6 Å². The smallest absolute Gasteiger partial charge is 0.259 e. The number of pyridine rings is 2. The van der Waals surface area contributed by atoms with Crippen LogP contribution in [0.2, 0.25) is 0 Å². The molecule has 0 bridgehead atoms. The number of aryl methyl sites for hydroxylation is 2. The zero-order valence-corrected chi connectivity index (χ0v) is 16.8. The standard InChI is InChI=1S/C21H20F2N4O3/c1-11-9-13(22)5-6-16(11)25-19-14(10-15(23)21(27-19)30-4)20(28)26-17-7-8-18(29-3)24-12(17)2/h5-10H,1-4H3,(H,25,27)(H,26,28). The molecule has 0 radical (unpaired) electrons. The Bertz CT molecular complexity index is 1110. The van der Waals surface area contributed by atoms with E-state index in [0.717, 1.165) is 6.07 Å². The predicted octanol–water partition coefficient (Wildman–Crippen LogP) is 4.38. The highest BCUT2D eigenvalue weighted by Crippen LogP contribution is 2.28. The Kier molecular flexibility index (Phi) is 6.10. The van der Waals surface area contributed by atoms with Crippen LogP contribution in [0.15, 0.2) is 36.4 Å². The fourth-order valence-corrected chi connectivity index (χ4v) is 2.75. The molecule has 1 aromatic carbocycles. The van der Waals surface area contributed by atoms with E-state index in [2.05, 4.69) is 20.6 Å². The van der Waals surface area contributed by atoms with E-state index in [1.807, 2.05) is 0 Å². The number of rotatable bonds is 6. The molecule has 0 aliphatic heterocycles. The van der Waals surface area contributed by atoms with Crippen molar-refractivity contribution in [1.29, 1.82) is 0 Å². The van der Waals surface area contributed by atoms with Crippen LogP contribution < -0.4 is 20.1 Å². The zero-order valence-electron chi connectivity index (χ0n) is 16.8. The minimum Gasteiger partial charge on any atom is -0.481 e. The van der Waals surface area contributed by atoms with E-state index in [1.54, 1.807) is 26.0 Å². The van der Waals surface area contributed by atoms with E-state index < -0.39 is 17.5 Å². The normalized spacial score (nSPS) is 10.5. The van der Waals surface area contributed by atoms with Crippen molar-refractivity contribution in [3.05, 3.63) is 64.9 Å². The summed E-state index contributed by atoms with van der Waals surface area (Å²) < 4.78 is 37.7. The molecular formula is C21H20F2N4O3. The number of halogens is 2. The van der Waals surface area contributed by atoms with E-state index in [9.17, 15) is 13.6 Å². The summed E-state index contributed by atoms with van der Waals surface area (Å²) in [5, 5.41) is 5.64. The molecular weight excluding hydrogens is 394 g/mol. The van der Waals surface area contributed by atoms with Gasteiger partial charge in [-0.15, -0.1) is 0 Å². The molecule has 2 N–H and O–H groups in total. The van der Waals surface area contributed by atoms with E-state index in [0.29, 0.717) is 28.5 Å². The van der Waals surface area contributed by atoms with Gasteiger partial charge >= 0.3 is 0 Å².